The number of carbonyl (C=O) groups is 1. The number of aliphatic hydroxyl groups is 2. The van der Waals surface area contributed by atoms with Crippen molar-refractivity contribution in [2.24, 2.45) is 45.3 Å². The Labute approximate surface area is 212 Å². The molecular weight excluding hydrogens is 434 g/mol. The van der Waals surface area contributed by atoms with E-state index in [2.05, 4.69) is 39.8 Å². The maximum Gasteiger partial charge on any atom is 0.178 e. The summed E-state index contributed by atoms with van der Waals surface area (Å²) in [4.78, 5) is 13.1. The van der Waals surface area contributed by atoms with Crippen LogP contribution in [0.25, 0.3) is 0 Å². The number of carbonyl (C=O) groups excluding carboxylic acids is 1. The van der Waals surface area contributed by atoms with Crippen molar-refractivity contribution in [2.75, 3.05) is 0 Å². The van der Waals surface area contributed by atoms with Gasteiger partial charge in [0.15, 0.2) is 5.78 Å². The van der Waals surface area contributed by atoms with Gasteiger partial charge in [-0.25, -0.2) is 0 Å². The second kappa shape index (κ2) is 8.29. The molecule has 0 aromatic rings. The maximum absolute atomic E-state index is 13.1. The summed E-state index contributed by atoms with van der Waals surface area (Å²) >= 11 is 0. The zero-order valence-corrected chi connectivity index (χ0v) is 23.2. The Balaban J connectivity index is 1.66. The van der Waals surface area contributed by atoms with Crippen molar-refractivity contribution in [3.8, 4) is 6.07 Å². The number of rotatable bonds is 5. The first-order valence-electron chi connectivity index (χ1n) is 13.8. The largest absolute Gasteiger partial charge is 0.390 e. The van der Waals surface area contributed by atoms with Crippen LogP contribution >= 0.6 is 0 Å². The van der Waals surface area contributed by atoms with Gasteiger partial charge in [-0.3, -0.25) is 4.79 Å². The summed E-state index contributed by atoms with van der Waals surface area (Å²) in [6, 6.07) is 2.23. The number of fused-ring (bicyclic) bond motifs is 5. The molecule has 0 spiro atoms. The van der Waals surface area contributed by atoms with E-state index < -0.39 is 17.1 Å². The molecular formula is C31H47NO3. The fourth-order valence-electron chi connectivity index (χ4n) is 9.29. The van der Waals surface area contributed by atoms with Crippen molar-refractivity contribution in [1.29, 1.82) is 5.26 Å². The minimum atomic E-state index is -1.06. The quantitative estimate of drug-likeness (QED) is 0.447. The van der Waals surface area contributed by atoms with Crippen LogP contribution in [0.15, 0.2) is 23.3 Å². The van der Waals surface area contributed by atoms with Crippen LogP contribution < -0.4 is 0 Å². The summed E-state index contributed by atoms with van der Waals surface area (Å²) in [5.74, 6) is 1.78. The van der Waals surface area contributed by atoms with Crippen molar-refractivity contribution in [1.82, 2.24) is 0 Å². The van der Waals surface area contributed by atoms with Gasteiger partial charge in [-0.05, 0) is 93.3 Å². The third kappa shape index (κ3) is 3.71. The summed E-state index contributed by atoms with van der Waals surface area (Å²) in [5.41, 5.74) is 0.378. The highest BCUT2D eigenvalue weighted by molar-refractivity contribution is 6.04. The Morgan fingerprint density at radius 2 is 1.77 bits per heavy atom. The second-order valence-corrected chi connectivity index (χ2v) is 14.3. The normalized spacial score (nSPS) is 42.1. The highest BCUT2D eigenvalue weighted by Crippen LogP contribution is 2.72. The SMILES string of the molecule is C[C@H](CC[C@@H](O)C(C)(C)O)[C@H]1CC[C@]2(C)C3CCC4C(C)(C)C(=O)C(C#N)=C[C@]4(C)C3=CC[C@]12C. The molecule has 8 atom stereocenters. The van der Waals surface area contributed by atoms with Crippen LogP contribution in [0.3, 0.4) is 0 Å². The number of hydrogen-bond acceptors (Lipinski definition) is 4. The van der Waals surface area contributed by atoms with Gasteiger partial charge in [-0.15, -0.1) is 0 Å². The number of hydrogen-bond donors (Lipinski definition) is 2. The summed E-state index contributed by atoms with van der Waals surface area (Å²) in [6.07, 6.45) is 11.0. The number of allylic oxidation sites excluding steroid dienone is 4. The molecule has 4 aliphatic carbocycles. The number of Topliss-reactive ketones (excluding diaryl/α,β-unsaturated/α-hetero) is 1. The van der Waals surface area contributed by atoms with E-state index in [-0.39, 0.29) is 27.9 Å². The summed E-state index contributed by atoms with van der Waals surface area (Å²) in [7, 11) is 0. The Morgan fingerprint density at radius 1 is 1.11 bits per heavy atom. The van der Waals surface area contributed by atoms with Crippen molar-refractivity contribution < 1.29 is 15.0 Å². The smallest absolute Gasteiger partial charge is 0.178 e. The number of nitriles is 1. The Hall–Kier alpha value is -1.44. The molecule has 35 heavy (non-hydrogen) atoms. The van der Waals surface area contributed by atoms with Crippen molar-refractivity contribution in [2.45, 2.75) is 112 Å². The fraction of sp³-hybridized carbons (Fsp3) is 0.806. The molecule has 0 amide bonds. The van der Waals surface area contributed by atoms with Crippen molar-refractivity contribution in [3.05, 3.63) is 23.3 Å². The average Bonchev–Trinajstić information content (AvgIpc) is 3.05. The van der Waals surface area contributed by atoms with E-state index in [4.69, 9.17) is 0 Å². The molecule has 0 bridgehead atoms. The molecule has 2 N–H and O–H groups in total. The van der Waals surface area contributed by atoms with E-state index in [9.17, 15) is 20.3 Å². The fourth-order valence-corrected chi connectivity index (χ4v) is 9.29. The second-order valence-electron chi connectivity index (χ2n) is 14.3. The first-order valence-corrected chi connectivity index (χ1v) is 13.8. The van der Waals surface area contributed by atoms with E-state index in [1.54, 1.807) is 13.8 Å². The minimum Gasteiger partial charge on any atom is -0.390 e. The number of aliphatic hydroxyl groups excluding tert-OH is 1. The molecule has 2 saturated carbocycles. The van der Waals surface area contributed by atoms with Crippen LogP contribution in [-0.4, -0.2) is 27.7 Å². The third-order valence-electron chi connectivity index (χ3n) is 11.7. The lowest BCUT2D eigenvalue weighted by Crippen LogP contribution is -2.56. The molecule has 0 heterocycles. The molecule has 4 aliphatic rings. The van der Waals surface area contributed by atoms with Crippen LogP contribution in [0, 0.1) is 56.7 Å². The first-order chi connectivity index (χ1) is 16.0. The van der Waals surface area contributed by atoms with Gasteiger partial charge in [0.25, 0.3) is 0 Å². The summed E-state index contributed by atoms with van der Waals surface area (Å²) in [5, 5.41) is 30.4. The van der Waals surface area contributed by atoms with Gasteiger partial charge in [-0.1, -0.05) is 59.3 Å². The standard InChI is InChI=1S/C31H47NO3/c1-19(9-12-25(33)28(4,5)35)21-13-15-31(8)23-10-11-24-27(2,3)26(34)20(18-32)17-29(24,6)22(23)14-16-30(21,31)7/h14,17,19,21,23-25,33,35H,9-13,15-16H2,1-8H3/t19-,21-,23?,24?,25-,29-,30-,31-/m1/s1. The van der Waals surface area contributed by atoms with E-state index >= 15 is 0 Å². The zero-order chi connectivity index (χ0) is 26.2. The predicted molar refractivity (Wildman–Crippen MR) is 139 cm³/mol. The molecule has 0 radical (unpaired) electrons. The molecule has 0 aromatic carbocycles. The Kier molecular flexibility index (Phi) is 6.30. The molecule has 0 aliphatic heterocycles. The number of nitrogens with zero attached hydrogens (tertiary/aromatic N) is 1. The van der Waals surface area contributed by atoms with Gasteiger partial charge in [0.2, 0.25) is 0 Å². The van der Waals surface area contributed by atoms with Crippen LogP contribution in [0.5, 0.6) is 0 Å². The maximum atomic E-state index is 13.1. The molecule has 2 unspecified atom stereocenters. The highest BCUT2D eigenvalue weighted by atomic mass is 16.3. The van der Waals surface area contributed by atoms with Gasteiger partial charge in [0.05, 0.1) is 17.3 Å². The first kappa shape index (κ1) is 26.6. The molecule has 4 heteroatoms. The Morgan fingerprint density at radius 3 is 2.37 bits per heavy atom. The van der Waals surface area contributed by atoms with Crippen LogP contribution in [0.4, 0.5) is 0 Å². The van der Waals surface area contributed by atoms with Crippen molar-refractivity contribution in [3.63, 3.8) is 0 Å². The predicted octanol–water partition coefficient (Wildman–Crippen LogP) is 6.38. The molecule has 0 aromatic heterocycles. The molecule has 4 rings (SSSR count). The van der Waals surface area contributed by atoms with Gasteiger partial charge in [0.1, 0.15) is 6.07 Å². The monoisotopic (exact) mass is 481 g/mol. The topological polar surface area (TPSA) is 81.3 Å². The Bertz CT molecular complexity index is 994. The molecule has 4 nitrogen and oxygen atoms in total. The van der Waals surface area contributed by atoms with Crippen LogP contribution in [-0.2, 0) is 4.79 Å². The van der Waals surface area contributed by atoms with Crippen LogP contribution in [0.1, 0.15) is 100 Å². The number of ketones is 1. The lowest BCUT2D eigenvalue weighted by Gasteiger charge is -2.62. The van der Waals surface area contributed by atoms with E-state index in [1.165, 1.54) is 18.4 Å². The molecule has 2 fully saturated rings. The zero-order valence-electron chi connectivity index (χ0n) is 23.2. The summed E-state index contributed by atoms with van der Waals surface area (Å²) < 4.78 is 0. The summed E-state index contributed by atoms with van der Waals surface area (Å²) in [6.45, 7) is 17.1. The molecule has 194 valence electrons. The lowest BCUT2D eigenvalue weighted by atomic mass is 9.42. The minimum absolute atomic E-state index is 0.0105. The van der Waals surface area contributed by atoms with Gasteiger partial charge >= 0.3 is 0 Å². The molecule has 0 saturated heterocycles. The lowest BCUT2D eigenvalue weighted by molar-refractivity contribution is -0.131. The third-order valence-corrected chi connectivity index (χ3v) is 11.7. The van der Waals surface area contributed by atoms with Gasteiger partial charge < -0.3 is 10.2 Å². The van der Waals surface area contributed by atoms with E-state index in [0.717, 1.165) is 25.7 Å². The van der Waals surface area contributed by atoms with Crippen LogP contribution in [0.2, 0.25) is 0 Å². The highest BCUT2D eigenvalue weighted by Gasteiger charge is 2.65. The van der Waals surface area contributed by atoms with Gasteiger partial charge in [0, 0.05) is 10.8 Å². The van der Waals surface area contributed by atoms with E-state index in [1.807, 2.05) is 19.9 Å². The van der Waals surface area contributed by atoms with Crippen molar-refractivity contribution >= 4 is 5.78 Å². The average molecular weight is 482 g/mol. The van der Waals surface area contributed by atoms with Gasteiger partial charge in [-0.2, -0.15) is 5.26 Å². The van der Waals surface area contributed by atoms with E-state index in [0.29, 0.717) is 29.7 Å².